The maximum absolute atomic E-state index is 9.94. The van der Waals surface area contributed by atoms with Gasteiger partial charge in [-0.05, 0) is 45.4 Å². The molecule has 0 saturated carbocycles. The number of ether oxygens (including phenoxy) is 3. The first-order valence-corrected chi connectivity index (χ1v) is 11.5. The van der Waals surface area contributed by atoms with E-state index in [0.717, 1.165) is 61.7 Å². The van der Waals surface area contributed by atoms with Gasteiger partial charge in [-0.15, -0.1) is 0 Å². The number of benzene rings is 1. The summed E-state index contributed by atoms with van der Waals surface area (Å²) < 4.78 is 16.9. The molecule has 2 aliphatic heterocycles. The number of likely N-dealkylation sites (N-methyl/N-ethyl adjacent to an activating group) is 1. The molecule has 0 amide bonds. The molecule has 2 unspecified atom stereocenters. The van der Waals surface area contributed by atoms with Crippen molar-refractivity contribution in [3.63, 3.8) is 0 Å². The Morgan fingerprint density at radius 2 is 1.97 bits per heavy atom. The number of nitrogens with zero attached hydrogens (tertiary/aromatic N) is 2. The van der Waals surface area contributed by atoms with Gasteiger partial charge in [-0.1, -0.05) is 12.1 Å². The molecule has 2 saturated heterocycles. The SMILES string of the molecule is CNCC(O)COc1cccc(-c2nc(NC3CCOC3)c(C)c(C3CCOCC3)n2)c1. The summed E-state index contributed by atoms with van der Waals surface area (Å²) in [5.74, 6) is 2.61. The molecule has 0 radical (unpaired) electrons. The normalized spacial score (nSPS) is 20.3. The number of aromatic nitrogens is 2. The molecule has 174 valence electrons. The Balaban J connectivity index is 1.62. The minimum absolute atomic E-state index is 0.223. The third-order valence-electron chi connectivity index (χ3n) is 6.04. The van der Waals surface area contributed by atoms with Crippen LogP contribution in [0.4, 0.5) is 5.82 Å². The summed E-state index contributed by atoms with van der Waals surface area (Å²) in [6, 6.07) is 8.02. The molecule has 1 aromatic carbocycles. The van der Waals surface area contributed by atoms with Crippen molar-refractivity contribution < 1.29 is 19.3 Å². The standard InChI is InChI=1S/C24H34N4O4/c1-16-22(17-6-9-30-10-7-17)27-24(28-23(16)26-19-8-11-31-14-19)18-4-3-5-21(12-18)32-15-20(29)13-25-2/h3-5,12,17,19-20,25,29H,6-11,13-15H2,1-2H3,(H,26,27,28). The van der Waals surface area contributed by atoms with E-state index in [0.29, 0.717) is 30.6 Å². The molecule has 3 heterocycles. The van der Waals surface area contributed by atoms with Crippen molar-refractivity contribution in [1.82, 2.24) is 15.3 Å². The van der Waals surface area contributed by atoms with Crippen molar-refractivity contribution in [3.05, 3.63) is 35.5 Å². The van der Waals surface area contributed by atoms with E-state index in [9.17, 15) is 5.11 Å². The van der Waals surface area contributed by atoms with E-state index in [1.165, 1.54) is 0 Å². The fraction of sp³-hybridized carbons (Fsp3) is 0.583. The Labute approximate surface area is 189 Å². The van der Waals surface area contributed by atoms with Crippen LogP contribution in [0.15, 0.2) is 24.3 Å². The monoisotopic (exact) mass is 442 g/mol. The third-order valence-corrected chi connectivity index (χ3v) is 6.04. The number of nitrogens with one attached hydrogen (secondary N) is 2. The molecule has 2 atom stereocenters. The number of aliphatic hydroxyl groups is 1. The Hall–Kier alpha value is -2.26. The fourth-order valence-electron chi connectivity index (χ4n) is 4.23. The predicted octanol–water partition coefficient (Wildman–Crippen LogP) is 2.51. The number of anilines is 1. The average molecular weight is 443 g/mol. The predicted molar refractivity (Wildman–Crippen MR) is 123 cm³/mol. The smallest absolute Gasteiger partial charge is 0.161 e. The fourth-order valence-corrected chi connectivity index (χ4v) is 4.23. The van der Waals surface area contributed by atoms with E-state index in [2.05, 4.69) is 17.6 Å². The van der Waals surface area contributed by atoms with Crippen LogP contribution >= 0.6 is 0 Å². The van der Waals surface area contributed by atoms with Crippen LogP contribution in [0.3, 0.4) is 0 Å². The maximum atomic E-state index is 9.94. The van der Waals surface area contributed by atoms with Crippen LogP contribution in [0.25, 0.3) is 11.4 Å². The van der Waals surface area contributed by atoms with Crippen LogP contribution in [0, 0.1) is 6.92 Å². The molecule has 2 aliphatic rings. The highest BCUT2D eigenvalue weighted by Gasteiger charge is 2.24. The second-order valence-electron chi connectivity index (χ2n) is 8.55. The zero-order valence-electron chi connectivity index (χ0n) is 19.0. The maximum Gasteiger partial charge on any atom is 0.161 e. The molecular formula is C24H34N4O4. The van der Waals surface area contributed by atoms with E-state index in [1.54, 1.807) is 7.05 Å². The van der Waals surface area contributed by atoms with Crippen molar-refractivity contribution in [3.8, 4) is 17.1 Å². The highest BCUT2D eigenvalue weighted by Crippen LogP contribution is 2.33. The summed E-state index contributed by atoms with van der Waals surface area (Å²) >= 11 is 0. The van der Waals surface area contributed by atoms with Gasteiger partial charge in [0.05, 0.1) is 18.3 Å². The molecule has 2 fully saturated rings. The van der Waals surface area contributed by atoms with Crippen LogP contribution in [-0.4, -0.2) is 73.8 Å². The Kier molecular flexibility index (Phi) is 7.91. The van der Waals surface area contributed by atoms with Crippen LogP contribution in [0.2, 0.25) is 0 Å². The van der Waals surface area contributed by atoms with Crippen LogP contribution in [0.1, 0.15) is 36.4 Å². The number of aliphatic hydroxyl groups excluding tert-OH is 1. The van der Waals surface area contributed by atoms with Gasteiger partial charge in [-0.25, -0.2) is 9.97 Å². The molecule has 0 bridgehead atoms. The minimum atomic E-state index is -0.566. The van der Waals surface area contributed by atoms with Gasteiger partial charge in [0.15, 0.2) is 5.82 Å². The Morgan fingerprint density at radius 1 is 1.16 bits per heavy atom. The highest BCUT2D eigenvalue weighted by atomic mass is 16.5. The summed E-state index contributed by atoms with van der Waals surface area (Å²) in [6.07, 6.45) is 2.35. The van der Waals surface area contributed by atoms with Crippen LogP contribution < -0.4 is 15.4 Å². The van der Waals surface area contributed by atoms with E-state index in [1.807, 2.05) is 24.3 Å². The van der Waals surface area contributed by atoms with Crippen molar-refractivity contribution in [2.45, 2.75) is 44.2 Å². The first-order valence-electron chi connectivity index (χ1n) is 11.5. The van der Waals surface area contributed by atoms with Gasteiger partial charge >= 0.3 is 0 Å². The van der Waals surface area contributed by atoms with Crippen LogP contribution in [0.5, 0.6) is 5.75 Å². The van der Waals surface area contributed by atoms with Gasteiger partial charge in [0.25, 0.3) is 0 Å². The van der Waals surface area contributed by atoms with Gasteiger partial charge in [0.2, 0.25) is 0 Å². The summed E-state index contributed by atoms with van der Waals surface area (Å²) in [6.45, 7) is 5.82. The number of hydrogen-bond acceptors (Lipinski definition) is 8. The van der Waals surface area contributed by atoms with Crippen molar-refractivity contribution in [2.24, 2.45) is 0 Å². The van der Waals surface area contributed by atoms with E-state index >= 15 is 0 Å². The zero-order valence-corrected chi connectivity index (χ0v) is 19.0. The van der Waals surface area contributed by atoms with Gasteiger partial charge in [0.1, 0.15) is 24.3 Å². The summed E-state index contributed by atoms with van der Waals surface area (Å²) in [5, 5.41) is 16.5. The lowest BCUT2D eigenvalue weighted by molar-refractivity contribution is 0.0844. The zero-order chi connectivity index (χ0) is 22.3. The second-order valence-corrected chi connectivity index (χ2v) is 8.55. The van der Waals surface area contributed by atoms with Gasteiger partial charge < -0.3 is 30.0 Å². The Morgan fingerprint density at radius 3 is 2.72 bits per heavy atom. The van der Waals surface area contributed by atoms with Crippen LogP contribution in [-0.2, 0) is 9.47 Å². The molecule has 2 aromatic rings. The number of rotatable bonds is 9. The first kappa shape index (κ1) is 22.9. The van der Waals surface area contributed by atoms with Crippen molar-refractivity contribution in [2.75, 3.05) is 51.9 Å². The van der Waals surface area contributed by atoms with Gasteiger partial charge in [-0.2, -0.15) is 0 Å². The summed E-state index contributed by atoms with van der Waals surface area (Å²) in [4.78, 5) is 9.92. The van der Waals surface area contributed by atoms with Crippen molar-refractivity contribution in [1.29, 1.82) is 0 Å². The summed E-state index contributed by atoms with van der Waals surface area (Å²) in [7, 11) is 1.80. The number of hydrogen-bond donors (Lipinski definition) is 3. The molecule has 8 nitrogen and oxygen atoms in total. The Bertz CT molecular complexity index is 882. The largest absolute Gasteiger partial charge is 0.491 e. The molecule has 4 rings (SSSR count). The molecule has 1 aromatic heterocycles. The quantitative estimate of drug-likeness (QED) is 0.545. The topological polar surface area (TPSA) is 97.8 Å². The second kappa shape index (κ2) is 11.0. The molecule has 32 heavy (non-hydrogen) atoms. The molecular weight excluding hydrogens is 408 g/mol. The third kappa shape index (κ3) is 5.75. The highest BCUT2D eigenvalue weighted by molar-refractivity contribution is 5.62. The molecule has 0 spiro atoms. The van der Waals surface area contributed by atoms with Gasteiger partial charge in [0, 0.05) is 43.4 Å². The van der Waals surface area contributed by atoms with Crippen molar-refractivity contribution >= 4 is 5.82 Å². The van der Waals surface area contributed by atoms with Gasteiger partial charge in [-0.3, -0.25) is 0 Å². The van der Waals surface area contributed by atoms with E-state index in [-0.39, 0.29) is 12.6 Å². The molecule has 0 aliphatic carbocycles. The average Bonchev–Trinajstić information content (AvgIpc) is 3.33. The summed E-state index contributed by atoms with van der Waals surface area (Å²) in [5.41, 5.74) is 3.09. The lowest BCUT2D eigenvalue weighted by Crippen LogP contribution is -2.29. The molecule has 8 heteroatoms. The van der Waals surface area contributed by atoms with E-state index in [4.69, 9.17) is 24.2 Å². The first-order chi connectivity index (χ1) is 15.6. The minimum Gasteiger partial charge on any atom is -0.491 e. The molecule has 3 N–H and O–H groups in total. The van der Waals surface area contributed by atoms with E-state index < -0.39 is 6.10 Å². The lowest BCUT2D eigenvalue weighted by Gasteiger charge is -2.25. The lowest BCUT2D eigenvalue weighted by atomic mass is 9.93.